The van der Waals surface area contributed by atoms with E-state index in [0.717, 1.165) is 17.3 Å². The first-order valence-electron chi connectivity index (χ1n) is 4.83. The molecule has 3 N–H and O–H groups in total. The number of nitrogen functional groups attached to an aromatic ring is 1. The van der Waals surface area contributed by atoms with Gasteiger partial charge in [-0.05, 0) is 29.3 Å². The second-order valence-corrected chi connectivity index (χ2v) is 4.06. The minimum Gasteiger partial charge on any atom is -0.474 e. The summed E-state index contributed by atoms with van der Waals surface area (Å²) < 4.78 is 6.36. The molecule has 0 aliphatic rings. The molecular weight excluding hydrogens is 260 g/mol. The van der Waals surface area contributed by atoms with E-state index in [1.54, 1.807) is 6.20 Å². The average molecular weight is 275 g/mol. The van der Waals surface area contributed by atoms with Gasteiger partial charge in [-0.25, -0.2) is 10.8 Å². The molecule has 0 bridgehead atoms. The van der Waals surface area contributed by atoms with Gasteiger partial charge in [0.05, 0.1) is 16.8 Å². The van der Waals surface area contributed by atoms with Crippen molar-refractivity contribution in [2.75, 3.05) is 5.43 Å². The zero-order chi connectivity index (χ0) is 11.3. The highest BCUT2D eigenvalue weighted by Gasteiger charge is 2.09. The maximum Gasteiger partial charge on any atom is 0.240 e. The van der Waals surface area contributed by atoms with Gasteiger partial charge < -0.3 is 4.74 Å². The molecule has 0 spiro atoms. The highest BCUT2D eigenvalue weighted by Crippen LogP contribution is 2.23. The van der Waals surface area contributed by atoms with Crippen molar-refractivity contribution in [2.45, 2.75) is 32.8 Å². The van der Waals surface area contributed by atoms with Crippen molar-refractivity contribution in [3.63, 3.8) is 0 Å². The van der Waals surface area contributed by atoms with Crippen LogP contribution in [-0.4, -0.2) is 16.1 Å². The summed E-state index contributed by atoms with van der Waals surface area (Å²) in [5, 5.41) is 0. The van der Waals surface area contributed by atoms with Crippen LogP contribution in [0.25, 0.3) is 0 Å². The number of hydrogen-bond acceptors (Lipinski definition) is 5. The Kier molecular flexibility index (Phi) is 4.77. The maximum absolute atomic E-state index is 5.63. The van der Waals surface area contributed by atoms with E-state index in [1.807, 2.05) is 6.92 Å². The molecule has 0 radical (unpaired) electrons. The number of aromatic nitrogens is 2. The maximum atomic E-state index is 5.63. The standard InChI is InChI=1S/C9H15BrN4O/c1-3-4-6(2)15-8-7(10)5-12-9(13-8)14-11/h5-6H,3-4,11H2,1-2H3,(H,12,13,14). The predicted octanol–water partition coefficient (Wildman–Crippen LogP) is 2.09. The van der Waals surface area contributed by atoms with Crippen LogP contribution < -0.4 is 16.0 Å². The fraction of sp³-hybridized carbons (Fsp3) is 0.556. The molecule has 1 unspecified atom stereocenters. The van der Waals surface area contributed by atoms with Crippen LogP contribution in [0.2, 0.25) is 0 Å². The van der Waals surface area contributed by atoms with Gasteiger partial charge in [0.2, 0.25) is 11.8 Å². The zero-order valence-electron chi connectivity index (χ0n) is 8.83. The Labute approximate surface area is 97.5 Å². The van der Waals surface area contributed by atoms with E-state index < -0.39 is 0 Å². The second kappa shape index (κ2) is 5.87. The van der Waals surface area contributed by atoms with Crippen molar-refractivity contribution >= 4 is 21.9 Å². The summed E-state index contributed by atoms with van der Waals surface area (Å²) in [5.41, 5.74) is 2.38. The fourth-order valence-electron chi connectivity index (χ4n) is 1.16. The molecule has 0 aliphatic heterocycles. The lowest BCUT2D eigenvalue weighted by molar-refractivity contribution is 0.200. The normalized spacial score (nSPS) is 12.3. The Morgan fingerprint density at radius 3 is 3.00 bits per heavy atom. The number of nitrogens with two attached hydrogens (primary N) is 1. The Balaban J connectivity index is 2.74. The Morgan fingerprint density at radius 2 is 2.40 bits per heavy atom. The zero-order valence-corrected chi connectivity index (χ0v) is 10.4. The summed E-state index contributed by atoms with van der Waals surface area (Å²) in [4.78, 5) is 8.03. The molecular formula is C9H15BrN4O. The van der Waals surface area contributed by atoms with Crippen molar-refractivity contribution in [2.24, 2.45) is 5.84 Å². The van der Waals surface area contributed by atoms with Crippen LogP contribution in [-0.2, 0) is 0 Å². The SMILES string of the molecule is CCCC(C)Oc1nc(NN)ncc1Br. The summed E-state index contributed by atoms with van der Waals surface area (Å²) in [6.07, 6.45) is 3.80. The van der Waals surface area contributed by atoms with E-state index >= 15 is 0 Å². The first-order valence-corrected chi connectivity index (χ1v) is 5.62. The number of hydrogen-bond donors (Lipinski definition) is 2. The summed E-state index contributed by atoms with van der Waals surface area (Å²) in [6.45, 7) is 4.12. The number of anilines is 1. The second-order valence-electron chi connectivity index (χ2n) is 3.21. The molecule has 1 aromatic heterocycles. The first kappa shape index (κ1) is 12.2. The molecule has 84 valence electrons. The van der Waals surface area contributed by atoms with Gasteiger partial charge >= 0.3 is 0 Å². The van der Waals surface area contributed by atoms with Gasteiger partial charge in [0, 0.05) is 0 Å². The molecule has 1 aromatic rings. The van der Waals surface area contributed by atoms with E-state index in [9.17, 15) is 0 Å². The Morgan fingerprint density at radius 1 is 1.67 bits per heavy atom. The molecule has 0 aromatic carbocycles. The molecule has 0 amide bonds. The lowest BCUT2D eigenvalue weighted by Crippen LogP contribution is -2.15. The smallest absolute Gasteiger partial charge is 0.240 e. The van der Waals surface area contributed by atoms with Crippen LogP contribution >= 0.6 is 15.9 Å². The van der Waals surface area contributed by atoms with Gasteiger partial charge in [0.1, 0.15) is 0 Å². The lowest BCUT2D eigenvalue weighted by Gasteiger charge is -2.14. The summed E-state index contributed by atoms with van der Waals surface area (Å²) >= 11 is 3.32. The van der Waals surface area contributed by atoms with Crippen LogP contribution in [0.3, 0.4) is 0 Å². The third-order valence-electron chi connectivity index (χ3n) is 1.85. The molecule has 0 saturated heterocycles. The van der Waals surface area contributed by atoms with Gasteiger partial charge in [0.15, 0.2) is 0 Å². The van der Waals surface area contributed by atoms with Crippen molar-refractivity contribution < 1.29 is 4.74 Å². The number of nitrogens with zero attached hydrogens (tertiary/aromatic N) is 2. The van der Waals surface area contributed by atoms with E-state index in [1.165, 1.54) is 0 Å². The van der Waals surface area contributed by atoms with E-state index in [0.29, 0.717) is 11.8 Å². The van der Waals surface area contributed by atoms with Gasteiger partial charge in [-0.15, -0.1) is 0 Å². The number of ether oxygens (including phenoxy) is 1. The number of hydrazine groups is 1. The lowest BCUT2D eigenvalue weighted by atomic mass is 10.2. The van der Waals surface area contributed by atoms with Gasteiger partial charge in [-0.2, -0.15) is 4.98 Å². The van der Waals surface area contributed by atoms with E-state index in [-0.39, 0.29) is 6.10 Å². The van der Waals surface area contributed by atoms with Gasteiger partial charge in [-0.3, -0.25) is 5.43 Å². The third-order valence-corrected chi connectivity index (χ3v) is 2.39. The molecule has 15 heavy (non-hydrogen) atoms. The first-order chi connectivity index (χ1) is 7.17. The number of halogens is 1. The fourth-order valence-corrected chi connectivity index (χ4v) is 1.44. The largest absolute Gasteiger partial charge is 0.474 e. The number of rotatable bonds is 5. The van der Waals surface area contributed by atoms with Crippen molar-refractivity contribution in [1.82, 2.24) is 9.97 Å². The van der Waals surface area contributed by atoms with Crippen molar-refractivity contribution in [1.29, 1.82) is 0 Å². The minimum absolute atomic E-state index is 0.131. The van der Waals surface area contributed by atoms with Gasteiger partial charge in [0.25, 0.3) is 0 Å². The Bertz CT molecular complexity index is 321. The van der Waals surface area contributed by atoms with Crippen molar-refractivity contribution in [3.05, 3.63) is 10.7 Å². The predicted molar refractivity (Wildman–Crippen MR) is 62.5 cm³/mol. The van der Waals surface area contributed by atoms with Crippen LogP contribution in [0.15, 0.2) is 10.7 Å². The monoisotopic (exact) mass is 274 g/mol. The van der Waals surface area contributed by atoms with Crippen LogP contribution in [0.1, 0.15) is 26.7 Å². The molecule has 5 nitrogen and oxygen atoms in total. The molecule has 1 rings (SSSR count). The molecule has 1 heterocycles. The molecule has 1 atom stereocenters. The van der Waals surface area contributed by atoms with Crippen LogP contribution in [0.4, 0.5) is 5.95 Å². The minimum atomic E-state index is 0.131. The quantitative estimate of drug-likeness (QED) is 0.636. The number of nitrogens with one attached hydrogen (secondary N) is 1. The van der Waals surface area contributed by atoms with Crippen LogP contribution in [0, 0.1) is 0 Å². The molecule has 0 fully saturated rings. The van der Waals surface area contributed by atoms with E-state index in [4.69, 9.17) is 10.6 Å². The molecule has 0 aliphatic carbocycles. The highest BCUT2D eigenvalue weighted by atomic mass is 79.9. The van der Waals surface area contributed by atoms with Gasteiger partial charge in [-0.1, -0.05) is 13.3 Å². The molecule has 6 heteroatoms. The molecule has 0 saturated carbocycles. The average Bonchev–Trinajstić information content (AvgIpc) is 2.21. The topological polar surface area (TPSA) is 73.1 Å². The van der Waals surface area contributed by atoms with Crippen LogP contribution in [0.5, 0.6) is 5.88 Å². The Hall–Kier alpha value is -0.880. The summed E-state index contributed by atoms with van der Waals surface area (Å²) in [5.74, 6) is 6.07. The van der Waals surface area contributed by atoms with Crippen molar-refractivity contribution in [3.8, 4) is 5.88 Å². The summed E-state index contributed by atoms with van der Waals surface area (Å²) in [7, 11) is 0. The van der Waals surface area contributed by atoms with E-state index in [2.05, 4.69) is 38.2 Å². The third kappa shape index (κ3) is 3.64. The highest BCUT2D eigenvalue weighted by molar-refractivity contribution is 9.10. The summed E-state index contributed by atoms with van der Waals surface area (Å²) in [6, 6.07) is 0.